The van der Waals surface area contributed by atoms with Gasteiger partial charge in [0.25, 0.3) is 5.91 Å². The van der Waals surface area contributed by atoms with Gasteiger partial charge in [0.15, 0.2) is 0 Å². The number of carboxylic acid groups (broad SMARTS) is 1. The number of carboxylic acids is 1. The van der Waals surface area contributed by atoms with Crippen LogP contribution in [0.3, 0.4) is 0 Å². The standard InChI is InChI=1S/C20H22N2O4S/c1-14-5-6-18(11-21-14)26-12-15-3-2-4-16(9-15)20(25)22-7-8-27-13-17(22)10-19(23)24/h2-6,9,11,17H,7-8,10,12-13H2,1H3,(H,23,24). The number of pyridine rings is 1. The summed E-state index contributed by atoms with van der Waals surface area (Å²) in [5.74, 6) is 1.15. The van der Waals surface area contributed by atoms with Crippen molar-refractivity contribution in [1.29, 1.82) is 0 Å². The van der Waals surface area contributed by atoms with Crippen LogP contribution in [0, 0.1) is 6.92 Å². The van der Waals surface area contributed by atoms with Crippen molar-refractivity contribution >= 4 is 23.6 Å². The van der Waals surface area contributed by atoms with E-state index in [-0.39, 0.29) is 18.4 Å². The Morgan fingerprint density at radius 3 is 2.93 bits per heavy atom. The van der Waals surface area contributed by atoms with E-state index in [9.17, 15) is 9.59 Å². The van der Waals surface area contributed by atoms with Crippen molar-refractivity contribution < 1.29 is 19.4 Å². The zero-order valence-corrected chi connectivity index (χ0v) is 15.9. The van der Waals surface area contributed by atoms with E-state index in [1.54, 1.807) is 28.9 Å². The lowest BCUT2D eigenvalue weighted by atomic mass is 10.1. The summed E-state index contributed by atoms with van der Waals surface area (Å²) < 4.78 is 5.73. The summed E-state index contributed by atoms with van der Waals surface area (Å²) in [7, 11) is 0. The summed E-state index contributed by atoms with van der Waals surface area (Å²) in [6.07, 6.45) is 1.65. The lowest BCUT2D eigenvalue weighted by molar-refractivity contribution is -0.138. The van der Waals surface area contributed by atoms with E-state index in [0.29, 0.717) is 30.2 Å². The van der Waals surface area contributed by atoms with Gasteiger partial charge in [-0.2, -0.15) is 11.8 Å². The van der Waals surface area contributed by atoms with Gasteiger partial charge in [-0.05, 0) is 36.8 Å². The molecule has 142 valence electrons. The summed E-state index contributed by atoms with van der Waals surface area (Å²) in [6, 6.07) is 10.8. The molecule has 2 aromatic rings. The highest BCUT2D eigenvalue weighted by Gasteiger charge is 2.29. The zero-order chi connectivity index (χ0) is 19.2. The normalized spacial score (nSPS) is 16.8. The van der Waals surface area contributed by atoms with Gasteiger partial charge in [-0.1, -0.05) is 12.1 Å². The number of hydrogen-bond donors (Lipinski definition) is 1. The van der Waals surface area contributed by atoms with Crippen molar-refractivity contribution in [1.82, 2.24) is 9.88 Å². The van der Waals surface area contributed by atoms with Crippen LogP contribution < -0.4 is 4.74 Å². The number of carbonyl (C=O) groups excluding carboxylic acids is 1. The first-order valence-electron chi connectivity index (χ1n) is 8.78. The molecule has 0 spiro atoms. The van der Waals surface area contributed by atoms with Crippen molar-refractivity contribution in [3.8, 4) is 5.75 Å². The molecule has 1 aliphatic rings. The number of benzene rings is 1. The Kier molecular flexibility index (Phi) is 6.34. The average molecular weight is 386 g/mol. The van der Waals surface area contributed by atoms with Gasteiger partial charge in [-0.25, -0.2) is 0 Å². The van der Waals surface area contributed by atoms with Crippen LogP contribution in [0.1, 0.15) is 28.0 Å². The second-order valence-corrected chi connectivity index (χ2v) is 7.60. The molecule has 27 heavy (non-hydrogen) atoms. The molecule has 2 heterocycles. The van der Waals surface area contributed by atoms with E-state index >= 15 is 0 Å². The largest absolute Gasteiger partial charge is 0.487 e. The van der Waals surface area contributed by atoms with Gasteiger partial charge in [0.1, 0.15) is 12.4 Å². The molecule has 1 fully saturated rings. The van der Waals surface area contributed by atoms with Gasteiger partial charge in [0.05, 0.1) is 18.7 Å². The predicted molar refractivity (Wildman–Crippen MR) is 104 cm³/mol. The third kappa shape index (κ3) is 5.23. The van der Waals surface area contributed by atoms with Gasteiger partial charge < -0.3 is 14.7 Å². The van der Waals surface area contributed by atoms with Gasteiger partial charge in [0, 0.05) is 29.3 Å². The molecule has 1 amide bonds. The number of nitrogens with zero attached hydrogens (tertiary/aromatic N) is 2. The Bertz CT molecular complexity index is 810. The summed E-state index contributed by atoms with van der Waals surface area (Å²) in [6.45, 7) is 2.81. The first kappa shape index (κ1) is 19.2. The minimum absolute atomic E-state index is 0.0258. The Labute approximate surface area is 162 Å². The van der Waals surface area contributed by atoms with Crippen LogP contribution in [0.4, 0.5) is 0 Å². The lowest BCUT2D eigenvalue weighted by Gasteiger charge is -2.34. The first-order valence-corrected chi connectivity index (χ1v) is 9.93. The van der Waals surface area contributed by atoms with E-state index in [4.69, 9.17) is 9.84 Å². The summed E-state index contributed by atoms with van der Waals surface area (Å²) in [4.78, 5) is 29.9. The molecule has 6 nitrogen and oxygen atoms in total. The maximum absolute atomic E-state index is 12.9. The highest BCUT2D eigenvalue weighted by Crippen LogP contribution is 2.22. The molecule has 1 aromatic heterocycles. The second-order valence-electron chi connectivity index (χ2n) is 6.45. The fourth-order valence-corrected chi connectivity index (χ4v) is 4.02. The molecule has 1 unspecified atom stereocenters. The highest BCUT2D eigenvalue weighted by molar-refractivity contribution is 7.99. The number of rotatable bonds is 6. The topological polar surface area (TPSA) is 79.7 Å². The van der Waals surface area contributed by atoms with Crippen molar-refractivity contribution in [3.63, 3.8) is 0 Å². The third-order valence-corrected chi connectivity index (χ3v) is 5.45. The molecule has 1 saturated heterocycles. The van der Waals surface area contributed by atoms with Crippen molar-refractivity contribution in [2.24, 2.45) is 0 Å². The predicted octanol–water partition coefficient (Wildman–Crippen LogP) is 3.00. The second kappa shape index (κ2) is 8.90. The number of carbonyl (C=O) groups is 2. The van der Waals surface area contributed by atoms with Gasteiger partial charge in [-0.15, -0.1) is 0 Å². The Hall–Kier alpha value is -2.54. The van der Waals surface area contributed by atoms with E-state index in [1.165, 1.54) is 0 Å². The molecule has 1 aliphatic heterocycles. The lowest BCUT2D eigenvalue weighted by Crippen LogP contribution is -2.47. The van der Waals surface area contributed by atoms with Crippen LogP contribution in [0.25, 0.3) is 0 Å². The monoisotopic (exact) mass is 386 g/mol. The molecular weight excluding hydrogens is 364 g/mol. The Morgan fingerprint density at radius 1 is 1.33 bits per heavy atom. The van der Waals surface area contributed by atoms with Crippen molar-refractivity contribution in [2.45, 2.75) is 26.0 Å². The SMILES string of the molecule is Cc1ccc(OCc2cccc(C(=O)N3CCSCC3CC(=O)O)c2)cn1. The first-order chi connectivity index (χ1) is 13.0. The van der Waals surface area contributed by atoms with Crippen LogP contribution in [-0.4, -0.2) is 51.0 Å². The van der Waals surface area contributed by atoms with Crippen LogP contribution in [0.5, 0.6) is 5.75 Å². The Morgan fingerprint density at radius 2 is 2.19 bits per heavy atom. The van der Waals surface area contributed by atoms with Gasteiger partial charge in [-0.3, -0.25) is 14.6 Å². The molecule has 1 N–H and O–H groups in total. The zero-order valence-electron chi connectivity index (χ0n) is 15.1. The number of ether oxygens (including phenoxy) is 1. The average Bonchev–Trinajstić information content (AvgIpc) is 2.67. The number of aryl methyl sites for hydroxylation is 1. The number of aliphatic carboxylic acids is 1. The van der Waals surface area contributed by atoms with Crippen molar-refractivity contribution in [3.05, 3.63) is 59.4 Å². The number of aromatic nitrogens is 1. The van der Waals surface area contributed by atoms with Crippen LogP contribution in [-0.2, 0) is 11.4 Å². The maximum atomic E-state index is 12.9. The molecule has 7 heteroatoms. The minimum Gasteiger partial charge on any atom is -0.487 e. The molecule has 0 aliphatic carbocycles. The maximum Gasteiger partial charge on any atom is 0.305 e. The minimum atomic E-state index is -0.880. The van der Waals surface area contributed by atoms with E-state index in [2.05, 4.69) is 4.98 Å². The summed E-state index contributed by atoms with van der Waals surface area (Å²) in [5, 5.41) is 9.11. The highest BCUT2D eigenvalue weighted by atomic mass is 32.2. The van der Waals surface area contributed by atoms with Crippen LogP contribution in [0.2, 0.25) is 0 Å². The molecule has 1 atom stereocenters. The molecule has 3 rings (SSSR count). The van der Waals surface area contributed by atoms with Gasteiger partial charge in [0.2, 0.25) is 0 Å². The molecule has 0 saturated carbocycles. The molecule has 0 bridgehead atoms. The Balaban J connectivity index is 1.68. The van der Waals surface area contributed by atoms with Gasteiger partial charge >= 0.3 is 5.97 Å². The number of hydrogen-bond acceptors (Lipinski definition) is 5. The van der Waals surface area contributed by atoms with Crippen molar-refractivity contribution in [2.75, 3.05) is 18.1 Å². The molecule has 1 aromatic carbocycles. The fraction of sp³-hybridized carbons (Fsp3) is 0.350. The molecule has 0 radical (unpaired) electrons. The smallest absolute Gasteiger partial charge is 0.305 e. The van der Waals surface area contributed by atoms with E-state index in [1.807, 2.05) is 37.3 Å². The van der Waals surface area contributed by atoms with Crippen LogP contribution in [0.15, 0.2) is 42.6 Å². The summed E-state index contributed by atoms with van der Waals surface area (Å²) in [5.41, 5.74) is 2.36. The number of amides is 1. The number of thioether (sulfide) groups is 1. The summed E-state index contributed by atoms with van der Waals surface area (Å²) >= 11 is 1.69. The van der Waals surface area contributed by atoms with Crippen LogP contribution >= 0.6 is 11.8 Å². The fourth-order valence-electron chi connectivity index (χ4n) is 2.96. The molecular formula is C20H22N2O4S. The quantitative estimate of drug-likeness (QED) is 0.822. The van der Waals surface area contributed by atoms with E-state index < -0.39 is 5.97 Å². The van der Waals surface area contributed by atoms with E-state index in [0.717, 1.165) is 17.0 Å². The third-order valence-electron chi connectivity index (χ3n) is 4.36.